The fourth-order valence-corrected chi connectivity index (χ4v) is 2.60. The first-order valence-corrected chi connectivity index (χ1v) is 6.63. The highest BCUT2D eigenvalue weighted by molar-refractivity contribution is 5.40. The first-order chi connectivity index (χ1) is 8.31. The van der Waals surface area contributed by atoms with Gasteiger partial charge in [-0.2, -0.15) is 0 Å². The van der Waals surface area contributed by atoms with E-state index in [1.54, 1.807) is 0 Å². The van der Waals surface area contributed by atoms with Gasteiger partial charge in [0.25, 0.3) is 0 Å². The molecule has 1 aromatic carbocycles. The van der Waals surface area contributed by atoms with E-state index in [9.17, 15) is 5.11 Å². The third kappa shape index (κ3) is 3.22. The van der Waals surface area contributed by atoms with Crippen LogP contribution in [-0.2, 0) is 6.61 Å². The molecular weight excluding hydrogens is 212 g/mol. The first-order valence-electron chi connectivity index (χ1n) is 6.63. The molecule has 1 aliphatic carbocycles. The quantitative estimate of drug-likeness (QED) is 0.864. The average Bonchev–Trinajstić information content (AvgIpc) is 2.38. The molecule has 0 heterocycles. The standard InChI is InChI=1S/C15H22O2/c1-12-6-5-9-14(10-16)15(12)17-11-13-7-3-2-4-8-13/h5-6,9,13,16H,2-4,7-8,10-11H2,1H3. The van der Waals surface area contributed by atoms with E-state index in [1.807, 2.05) is 25.1 Å². The highest BCUT2D eigenvalue weighted by Crippen LogP contribution is 2.27. The zero-order chi connectivity index (χ0) is 12.1. The largest absolute Gasteiger partial charge is 0.493 e. The van der Waals surface area contributed by atoms with Crippen molar-refractivity contribution in [3.63, 3.8) is 0 Å². The van der Waals surface area contributed by atoms with Crippen molar-refractivity contribution in [2.24, 2.45) is 5.92 Å². The van der Waals surface area contributed by atoms with E-state index < -0.39 is 0 Å². The van der Waals surface area contributed by atoms with Gasteiger partial charge in [0.2, 0.25) is 0 Å². The average molecular weight is 234 g/mol. The predicted octanol–water partition coefficient (Wildman–Crippen LogP) is 3.45. The second-order valence-electron chi connectivity index (χ2n) is 5.04. The maximum atomic E-state index is 9.30. The Morgan fingerprint density at radius 3 is 2.71 bits per heavy atom. The summed E-state index contributed by atoms with van der Waals surface area (Å²) in [4.78, 5) is 0. The molecule has 2 nitrogen and oxygen atoms in total. The van der Waals surface area contributed by atoms with Crippen LogP contribution >= 0.6 is 0 Å². The molecule has 1 fully saturated rings. The van der Waals surface area contributed by atoms with Crippen LogP contribution in [0, 0.1) is 12.8 Å². The minimum atomic E-state index is 0.0572. The Morgan fingerprint density at radius 2 is 2.00 bits per heavy atom. The van der Waals surface area contributed by atoms with Gasteiger partial charge in [-0.25, -0.2) is 0 Å². The molecule has 0 aromatic heterocycles. The summed E-state index contributed by atoms with van der Waals surface area (Å²) in [6.45, 7) is 2.90. The molecular formula is C15H22O2. The van der Waals surface area contributed by atoms with E-state index in [-0.39, 0.29) is 6.61 Å². The van der Waals surface area contributed by atoms with Crippen molar-refractivity contribution >= 4 is 0 Å². The number of aryl methyl sites for hydroxylation is 1. The van der Waals surface area contributed by atoms with Crippen molar-refractivity contribution < 1.29 is 9.84 Å². The summed E-state index contributed by atoms with van der Waals surface area (Å²) in [6.07, 6.45) is 6.65. The van der Waals surface area contributed by atoms with Crippen molar-refractivity contribution in [3.8, 4) is 5.75 Å². The van der Waals surface area contributed by atoms with Crippen LogP contribution in [0.1, 0.15) is 43.2 Å². The number of rotatable bonds is 4. The normalized spacial score (nSPS) is 17.1. The molecule has 0 bridgehead atoms. The molecule has 1 aliphatic rings. The van der Waals surface area contributed by atoms with E-state index in [4.69, 9.17) is 4.74 Å². The summed E-state index contributed by atoms with van der Waals surface area (Å²) in [7, 11) is 0. The van der Waals surface area contributed by atoms with Gasteiger partial charge in [-0.3, -0.25) is 0 Å². The Balaban J connectivity index is 1.97. The summed E-state index contributed by atoms with van der Waals surface area (Å²) >= 11 is 0. The van der Waals surface area contributed by atoms with Gasteiger partial charge >= 0.3 is 0 Å². The Hall–Kier alpha value is -1.02. The highest BCUT2D eigenvalue weighted by Gasteiger charge is 2.15. The summed E-state index contributed by atoms with van der Waals surface area (Å²) < 4.78 is 5.94. The predicted molar refractivity (Wildman–Crippen MR) is 69.2 cm³/mol. The minimum Gasteiger partial charge on any atom is -0.493 e. The number of ether oxygens (including phenoxy) is 1. The van der Waals surface area contributed by atoms with Gasteiger partial charge in [0.05, 0.1) is 13.2 Å². The molecule has 94 valence electrons. The smallest absolute Gasteiger partial charge is 0.127 e. The van der Waals surface area contributed by atoms with Crippen LogP contribution in [0.4, 0.5) is 0 Å². The van der Waals surface area contributed by atoms with E-state index >= 15 is 0 Å². The van der Waals surface area contributed by atoms with E-state index in [0.29, 0.717) is 5.92 Å². The van der Waals surface area contributed by atoms with Crippen LogP contribution in [0.5, 0.6) is 5.75 Å². The number of para-hydroxylation sites is 1. The number of aliphatic hydroxyl groups excluding tert-OH is 1. The van der Waals surface area contributed by atoms with Crippen molar-refractivity contribution in [1.82, 2.24) is 0 Å². The summed E-state index contributed by atoms with van der Waals surface area (Å²) in [6, 6.07) is 5.94. The van der Waals surface area contributed by atoms with Crippen molar-refractivity contribution in [2.45, 2.75) is 45.6 Å². The lowest BCUT2D eigenvalue weighted by Crippen LogP contribution is -2.16. The number of hydrogen-bond donors (Lipinski definition) is 1. The molecule has 1 N–H and O–H groups in total. The molecule has 17 heavy (non-hydrogen) atoms. The molecule has 0 spiro atoms. The topological polar surface area (TPSA) is 29.5 Å². The Bertz CT molecular complexity index is 354. The summed E-state index contributed by atoms with van der Waals surface area (Å²) in [5.74, 6) is 1.59. The lowest BCUT2D eigenvalue weighted by molar-refractivity contribution is 0.200. The summed E-state index contributed by atoms with van der Waals surface area (Å²) in [5, 5.41) is 9.30. The van der Waals surface area contributed by atoms with E-state index in [1.165, 1.54) is 32.1 Å². The highest BCUT2D eigenvalue weighted by atomic mass is 16.5. The molecule has 0 atom stereocenters. The van der Waals surface area contributed by atoms with Crippen molar-refractivity contribution in [3.05, 3.63) is 29.3 Å². The van der Waals surface area contributed by atoms with Crippen LogP contribution in [0.3, 0.4) is 0 Å². The molecule has 0 amide bonds. The van der Waals surface area contributed by atoms with Gasteiger partial charge in [0.15, 0.2) is 0 Å². The fourth-order valence-electron chi connectivity index (χ4n) is 2.60. The van der Waals surface area contributed by atoms with Crippen molar-refractivity contribution in [2.75, 3.05) is 6.61 Å². The van der Waals surface area contributed by atoms with E-state index in [2.05, 4.69) is 0 Å². The number of hydrogen-bond acceptors (Lipinski definition) is 2. The third-order valence-electron chi connectivity index (χ3n) is 3.65. The molecule has 0 radical (unpaired) electrons. The van der Waals surface area contributed by atoms with Gasteiger partial charge in [-0.15, -0.1) is 0 Å². The lowest BCUT2D eigenvalue weighted by atomic mass is 9.90. The zero-order valence-electron chi connectivity index (χ0n) is 10.6. The fraction of sp³-hybridized carbons (Fsp3) is 0.600. The van der Waals surface area contributed by atoms with Gasteiger partial charge in [0, 0.05) is 5.56 Å². The zero-order valence-corrected chi connectivity index (χ0v) is 10.6. The molecule has 0 saturated heterocycles. The van der Waals surface area contributed by atoms with Crippen LogP contribution in [0.15, 0.2) is 18.2 Å². The Labute approximate surface area is 104 Å². The molecule has 0 unspecified atom stereocenters. The van der Waals surface area contributed by atoms with Crippen LogP contribution < -0.4 is 4.74 Å². The van der Waals surface area contributed by atoms with E-state index in [0.717, 1.165) is 23.5 Å². The second kappa shape index (κ2) is 6.06. The van der Waals surface area contributed by atoms with Gasteiger partial charge in [-0.1, -0.05) is 37.5 Å². The SMILES string of the molecule is Cc1cccc(CO)c1OCC1CCCCC1. The van der Waals surface area contributed by atoms with Gasteiger partial charge < -0.3 is 9.84 Å². The Morgan fingerprint density at radius 1 is 1.24 bits per heavy atom. The van der Waals surface area contributed by atoms with Crippen LogP contribution in [-0.4, -0.2) is 11.7 Å². The number of aliphatic hydroxyl groups is 1. The second-order valence-corrected chi connectivity index (χ2v) is 5.04. The van der Waals surface area contributed by atoms with Crippen LogP contribution in [0.2, 0.25) is 0 Å². The van der Waals surface area contributed by atoms with Crippen LogP contribution in [0.25, 0.3) is 0 Å². The molecule has 1 aromatic rings. The molecule has 1 saturated carbocycles. The maximum absolute atomic E-state index is 9.30. The van der Waals surface area contributed by atoms with Gasteiger partial charge in [-0.05, 0) is 31.2 Å². The van der Waals surface area contributed by atoms with Gasteiger partial charge in [0.1, 0.15) is 5.75 Å². The maximum Gasteiger partial charge on any atom is 0.127 e. The lowest BCUT2D eigenvalue weighted by Gasteiger charge is -2.23. The number of benzene rings is 1. The first kappa shape index (κ1) is 12.4. The molecule has 0 aliphatic heterocycles. The minimum absolute atomic E-state index is 0.0572. The monoisotopic (exact) mass is 234 g/mol. The third-order valence-corrected chi connectivity index (χ3v) is 3.65. The molecule has 2 heteroatoms. The van der Waals surface area contributed by atoms with Crippen molar-refractivity contribution in [1.29, 1.82) is 0 Å². The Kier molecular flexibility index (Phi) is 4.43. The summed E-state index contributed by atoms with van der Waals surface area (Å²) in [5.41, 5.74) is 2.02. The molecule has 2 rings (SSSR count).